The minimum atomic E-state index is -2.81. The van der Waals surface area contributed by atoms with E-state index in [-0.39, 0.29) is 18.8 Å². The van der Waals surface area contributed by atoms with Crippen molar-refractivity contribution in [2.75, 3.05) is 6.61 Å². The number of alkyl halides is 2. The predicted octanol–water partition coefficient (Wildman–Crippen LogP) is 2.50. The fourth-order valence-electron chi connectivity index (χ4n) is 1.01. The summed E-state index contributed by atoms with van der Waals surface area (Å²) in [6.45, 7) is -3.05. The van der Waals surface area contributed by atoms with Gasteiger partial charge in [0, 0.05) is 12.0 Å². The van der Waals surface area contributed by atoms with Crippen LogP contribution < -0.4 is 0 Å². The second-order valence-electron chi connectivity index (χ2n) is 2.67. The van der Waals surface area contributed by atoms with Gasteiger partial charge in [-0.15, -0.1) is 0 Å². The molecule has 0 bridgehead atoms. The summed E-state index contributed by atoms with van der Waals surface area (Å²) < 4.78 is 27.1. The third-order valence-corrected chi connectivity index (χ3v) is 1.67. The smallest absolute Gasteiger partial charge is 0.323 e. The first-order valence-corrected chi connectivity index (χ1v) is 4.18. The van der Waals surface area contributed by atoms with E-state index in [4.69, 9.17) is 0 Å². The molecule has 0 aliphatic rings. The van der Waals surface area contributed by atoms with Gasteiger partial charge in [0.05, 0.1) is 6.61 Å². The van der Waals surface area contributed by atoms with Crippen LogP contribution >= 0.6 is 0 Å². The molecule has 2 nitrogen and oxygen atoms in total. The van der Waals surface area contributed by atoms with Crippen LogP contribution in [0.1, 0.15) is 16.8 Å². The van der Waals surface area contributed by atoms with Gasteiger partial charge in [-0.2, -0.15) is 8.78 Å². The van der Waals surface area contributed by atoms with Gasteiger partial charge in [-0.25, -0.2) is 0 Å². The lowest BCUT2D eigenvalue weighted by Crippen LogP contribution is -2.07. The van der Waals surface area contributed by atoms with E-state index in [2.05, 4.69) is 4.74 Å². The van der Waals surface area contributed by atoms with Gasteiger partial charge in [0.25, 0.3) is 0 Å². The third-order valence-electron chi connectivity index (χ3n) is 1.67. The molecule has 1 aromatic carbocycles. The molecule has 0 aliphatic carbocycles. The molecule has 0 saturated carbocycles. The molecule has 0 N–H and O–H groups in total. The van der Waals surface area contributed by atoms with E-state index in [0.717, 1.165) is 0 Å². The van der Waals surface area contributed by atoms with Crippen LogP contribution in [0.5, 0.6) is 0 Å². The van der Waals surface area contributed by atoms with Crippen LogP contribution in [0.2, 0.25) is 0 Å². The molecule has 0 saturated heterocycles. The van der Waals surface area contributed by atoms with Gasteiger partial charge in [-0.05, 0) is 0 Å². The van der Waals surface area contributed by atoms with Crippen LogP contribution in [0, 0.1) is 0 Å². The standard InChI is InChI=1S/C10H10F2O2/c11-10(12)14-7-6-9(13)8-4-2-1-3-5-8/h1-5,10H,6-7H2. The van der Waals surface area contributed by atoms with E-state index >= 15 is 0 Å². The van der Waals surface area contributed by atoms with Crippen molar-refractivity contribution < 1.29 is 18.3 Å². The Hall–Kier alpha value is -1.29. The average Bonchev–Trinajstić information content (AvgIpc) is 2.18. The molecule has 0 aliphatic heterocycles. The number of rotatable bonds is 5. The van der Waals surface area contributed by atoms with Crippen molar-refractivity contribution in [3.8, 4) is 0 Å². The minimum Gasteiger partial charge on any atom is -0.323 e. The SMILES string of the molecule is O=C(CCOC(F)F)c1ccccc1. The highest BCUT2D eigenvalue weighted by molar-refractivity contribution is 5.96. The van der Waals surface area contributed by atoms with Crippen molar-refractivity contribution in [1.82, 2.24) is 0 Å². The van der Waals surface area contributed by atoms with Crippen molar-refractivity contribution in [3.63, 3.8) is 0 Å². The molecule has 0 atom stereocenters. The topological polar surface area (TPSA) is 26.3 Å². The van der Waals surface area contributed by atoms with E-state index < -0.39 is 6.61 Å². The van der Waals surface area contributed by atoms with Crippen LogP contribution in [-0.4, -0.2) is 19.0 Å². The van der Waals surface area contributed by atoms with Gasteiger partial charge in [0.2, 0.25) is 0 Å². The Morgan fingerprint density at radius 1 is 1.29 bits per heavy atom. The van der Waals surface area contributed by atoms with Crippen LogP contribution in [0.4, 0.5) is 8.78 Å². The predicted molar refractivity (Wildman–Crippen MR) is 47.3 cm³/mol. The molecule has 1 rings (SSSR count). The number of benzene rings is 1. The van der Waals surface area contributed by atoms with E-state index in [9.17, 15) is 13.6 Å². The number of ether oxygens (including phenoxy) is 1. The first-order chi connectivity index (χ1) is 6.70. The zero-order valence-electron chi connectivity index (χ0n) is 7.45. The van der Waals surface area contributed by atoms with Gasteiger partial charge in [-0.1, -0.05) is 30.3 Å². The van der Waals surface area contributed by atoms with Gasteiger partial charge in [-0.3, -0.25) is 4.79 Å². The maximum absolute atomic E-state index is 11.6. The number of hydrogen-bond acceptors (Lipinski definition) is 2. The molecule has 14 heavy (non-hydrogen) atoms. The summed E-state index contributed by atoms with van der Waals surface area (Å²) in [6, 6.07) is 8.52. The minimum absolute atomic E-state index is 0.0195. The van der Waals surface area contributed by atoms with Gasteiger partial charge in [0.1, 0.15) is 0 Å². The van der Waals surface area contributed by atoms with E-state index in [0.29, 0.717) is 5.56 Å². The van der Waals surface area contributed by atoms with Gasteiger partial charge in [0.15, 0.2) is 5.78 Å². The molecule has 1 aromatic rings. The normalized spacial score (nSPS) is 10.5. The van der Waals surface area contributed by atoms with Crippen LogP contribution in [0.3, 0.4) is 0 Å². The van der Waals surface area contributed by atoms with Gasteiger partial charge >= 0.3 is 6.61 Å². The highest BCUT2D eigenvalue weighted by Crippen LogP contribution is 2.04. The highest BCUT2D eigenvalue weighted by Gasteiger charge is 2.07. The van der Waals surface area contributed by atoms with Crippen molar-refractivity contribution in [3.05, 3.63) is 35.9 Å². The molecule has 0 radical (unpaired) electrons. The van der Waals surface area contributed by atoms with E-state index in [1.807, 2.05) is 0 Å². The summed E-state index contributed by atoms with van der Waals surface area (Å²) in [5, 5.41) is 0. The Morgan fingerprint density at radius 3 is 2.50 bits per heavy atom. The van der Waals surface area contributed by atoms with Crippen molar-refractivity contribution in [2.24, 2.45) is 0 Å². The second kappa shape index (κ2) is 5.44. The van der Waals surface area contributed by atoms with E-state index in [1.165, 1.54) is 0 Å². The largest absolute Gasteiger partial charge is 0.345 e. The Bertz CT molecular complexity index is 285. The molecule has 0 fully saturated rings. The Kier molecular flexibility index (Phi) is 4.19. The monoisotopic (exact) mass is 200 g/mol. The van der Waals surface area contributed by atoms with Crippen LogP contribution in [0.25, 0.3) is 0 Å². The fraction of sp³-hybridized carbons (Fsp3) is 0.300. The number of hydrogen-bond donors (Lipinski definition) is 0. The molecule has 0 amide bonds. The van der Waals surface area contributed by atoms with Crippen LogP contribution in [0.15, 0.2) is 30.3 Å². The molecule has 0 aromatic heterocycles. The molecule has 0 unspecified atom stereocenters. The van der Waals surface area contributed by atoms with Crippen molar-refractivity contribution in [1.29, 1.82) is 0 Å². The Balaban J connectivity index is 2.36. The lowest BCUT2D eigenvalue weighted by atomic mass is 10.1. The lowest BCUT2D eigenvalue weighted by Gasteiger charge is -2.01. The Labute approximate surface area is 80.5 Å². The molecule has 4 heteroatoms. The number of carbonyl (C=O) groups excluding carboxylic acids is 1. The zero-order chi connectivity index (χ0) is 10.4. The van der Waals surface area contributed by atoms with Crippen molar-refractivity contribution >= 4 is 5.78 Å². The summed E-state index contributed by atoms with van der Waals surface area (Å²) in [5.74, 6) is -0.189. The summed E-state index contributed by atoms with van der Waals surface area (Å²) in [6.07, 6.45) is -0.0195. The number of halogens is 2. The lowest BCUT2D eigenvalue weighted by molar-refractivity contribution is -0.127. The highest BCUT2D eigenvalue weighted by atomic mass is 19.3. The Morgan fingerprint density at radius 2 is 1.93 bits per heavy atom. The van der Waals surface area contributed by atoms with Crippen molar-refractivity contribution in [2.45, 2.75) is 13.0 Å². The third kappa shape index (κ3) is 3.62. The summed E-state index contributed by atoms with van der Waals surface area (Å²) >= 11 is 0. The number of carbonyl (C=O) groups is 1. The average molecular weight is 200 g/mol. The molecule has 0 heterocycles. The van der Waals surface area contributed by atoms with Gasteiger partial charge < -0.3 is 4.74 Å². The quantitative estimate of drug-likeness (QED) is 0.682. The summed E-state index contributed by atoms with van der Waals surface area (Å²) in [5.41, 5.74) is 0.519. The fourth-order valence-corrected chi connectivity index (χ4v) is 1.01. The molecule has 76 valence electrons. The first kappa shape index (κ1) is 10.8. The maximum atomic E-state index is 11.6. The molecule has 0 spiro atoms. The zero-order valence-corrected chi connectivity index (χ0v) is 7.45. The number of ketones is 1. The van der Waals surface area contributed by atoms with E-state index in [1.54, 1.807) is 30.3 Å². The molecular weight excluding hydrogens is 190 g/mol. The van der Waals surface area contributed by atoms with Crippen LogP contribution in [-0.2, 0) is 4.74 Å². The summed E-state index contributed by atoms with van der Waals surface area (Å²) in [7, 11) is 0. The second-order valence-corrected chi connectivity index (χ2v) is 2.67. The summed E-state index contributed by atoms with van der Waals surface area (Å²) in [4.78, 5) is 11.3. The maximum Gasteiger partial charge on any atom is 0.345 e. The first-order valence-electron chi connectivity index (χ1n) is 4.18. The number of Topliss-reactive ketones (excluding diaryl/α,β-unsaturated/α-hetero) is 1. The molecular formula is C10H10F2O2.